The van der Waals surface area contributed by atoms with Crippen molar-refractivity contribution in [1.82, 2.24) is 0 Å². The normalized spacial score (nSPS) is 41.2. The summed E-state index contributed by atoms with van der Waals surface area (Å²) in [6, 6.07) is 0. The molecule has 0 aliphatic heterocycles. The van der Waals surface area contributed by atoms with Crippen LogP contribution in [0, 0.1) is 11.3 Å². The van der Waals surface area contributed by atoms with Gasteiger partial charge in [0.15, 0.2) is 0 Å². The predicted molar refractivity (Wildman–Crippen MR) is 52.8 cm³/mol. The summed E-state index contributed by atoms with van der Waals surface area (Å²) in [6.07, 6.45) is 3.37. The first kappa shape index (κ1) is 10.0. The molecule has 12 heavy (non-hydrogen) atoms. The Kier molecular flexibility index (Phi) is 2.50. The Balaban J connectivity index is 2.63. The molecule has 4 N–H and O–H groups in total. The molecule has 0 saturated heterocycles. The van der Waals surface area contributed by atoms with Gasteiger partial charge in [0.05, 0.1) is 0 Å². The maximum atomic E-state index is 6.14. The minimum absolute atomic E-state index is 0.0745. The molecule has 72 valence electrons. The fourth-order valence-corrected chi connectivity index (χ4v) is 1.99. The molecule has 0 aromatic carbocycles. The SMILES string of the molecule is CC1CC(N)(CN)CCC1(C)C. The molecule has 1 aliphatic carbocycles. The van der Waals surface area contributed by atoms with Crippen molar-refractivity contribution >= 4 is 0 Å². The predicted octanol–water partition coefficient (Wildman–Crippen LogP) is 1.49. The molecule has 1 fully saturated rings. The van der Waals surface area contributed by atoms with Gasteiger partial charge in [-0.15, -0.1) is 0 Å². The molecule has 0 aromatic heterocycles. The fourth-order valence-electron chi connectivity index (χ4n) is 1.99. The molecule has 0 bridgehead atoms. The third-order valence-electron chi connectivity index (χ3n) is 3.72. The topological polar surface area (TPSA) is 52.0 Å². The summed E-state index contributed by atoms with van der Waals surface area (Å²) in [7, 11) is 0. The molecule has 0 spiro atoms. The van der Waals surface area contributed by atoms with Gasteiger partial charge in [-0.1, -0.05) is 20.8 Å². The van der Waals surface area contributed by atoms with E-state index in [9.17, 15) is 0 Å². The zero-order chi connectivity index (χ0) is 9.41. The Morgan fingerprint density at radius 3 is 2.33 bits per heavy atom. The van der Waals surface area contributed by atoms with Crippen molar-refractivity contribution < 1.29 is 0 Å². The van der Waals surface area contributed by atoms with Crippen LogP contribution in [0.5, 0.6) is 0 Å². The van der Waals surface area contributed by atoms with Crippen LogP contribution >= 0.6 is 0 Å². The monoisotopic (exact) mass is 170 g/mol. The van der Waals surface area contributed by atoms with E-state index >= 15 is 0 Å². The Morgan fingerprint density at radius 1 is 1.33 bits per heavy atom. The van der Waals surface area contributed by atoms with Crippen LogP contribution in [0.15, 0.2) is 0 Å². The lowest BCUT2D eigenvalue weighted by atomic mass is 9.63. The summed E-state index contributed by atoms with van der Waals surface area (Å²) >= 11 is 0. The van der Waals surface area contributed by atoms with Crippen LogP contribution < -0.4 is 11.5 Å². The second kappa shape index (κ2) is 3.00. The van der Waals surface area contributed by atoms with Crippen LogP contribution in [-0.2, 0) is 0 Å². The van der Waals surface area contributed by atoms with Crippen molar-refractivity contribution in [3.63, 3.8) is 0 Å². The zero-order valence-corrected chi connectivity index (χ0v) is 8.56. The van der Waals surface area contributed by atoms with Gasteiger partial charge in [-0.3, -0.25) is 0 Å². The summed E-state index contributed by atoms with van der Waals surface area (Å²) < 4.78 is 0. The lowest BCUT2D eigenvalue weighted by molar-refractivity contribution is 0.0968. The van der Waals surface area contributed by atoms with E-state index in [0.29, 0.717) is 17.9 Å². The van der Waals surface area contributed by atoms with E-state index in [1.54, 1.807) is 0 Å². The first-order valence-electron chi connectivity index (χ1n) is 4.89. The van der Waals surface area contributed by atoms with E-state index < -0.39 is 0 Å². The summed E-state index contributed by atoms with van der Waals surface area (Å²) in [5.41, 5.74) is 12.2. The summed E-state index contributed by atoms with van der Waals surface area (Å²) in [6.45, 7) is 7.57. The highest BCUT2D eigenvalue weighted by Gasteiger charge is 2.39. The molecule has 1 saturated carbocycles. The maximum Gasteiger partial charge on any atom is 0.0281 e. The highest BCUT2D eigenvalue weighted by Crippen LogP contribution is 2.43. The molecular weight excluding hydrogens is 148 g/mol. The Bertz CT molecular complexity index is 165. The van der Waals surface area contributed by atoms with Crippen molar-refractivity contribution in [2.75, 3.05) is 6.54 Å². The van der Waals surface area contributed by atoms with Gasteiger partial charge >= 0.3 is 0 Å². The van der Waals surface area contributed by atoms with Crippen molar-refractivity contribution in [3.05, 3.63) is 0 Å². The van der Waals surface area contributed by atoms with Gasteiger partial charge in [0.25, 0.3) is 0 Å². The van der Waals surface area contributed by atoms with Gasteiger partial charge in [-0.25, -0.2) is 0 Å². The second-order valence-corrected chi connectivity index (χ2v) is 5.16. The third kappa shape index (κ3) is 1.80. The molecule has 2 nitrogen and oxygen atoms in total. The number of hydrogen-bond donors (Lipinski definition) is 2. The lowest BCUT2D eigenvalue weighted by Gasteiger charge is -2.45. The molecule has 0 amide bonds. The first-order valence-corrected chi connectivity index (χ1v) is 4.89. The average Bonchev–Trinajstić information content (AvgIpc) is 1.99. The van der Waals surface area contributed by atoms with Crippen LogP contribution in [0.4, 0.5) is 0 Å². The number of rotatable bonds is 1. The van der Waals surface area contributed by atoms with Crippen molar-refractivity contribution in [1.29, 1.82) is 0 Å². The molecule has 2 unspecified atom stereocenters. The minimum Gasteiger partial charge on any atom is -0.329 e. The van der Waals surface area contributed by atoms with Gasteiger partial charge in [0, 0.05) is 12.1 Å². The molecule has 2 heteroatoms. The minimum atomic E-state index is -0.0745. The van der Waals surface area contributed by atoms with Crippen LogP contribution in [0.3, 0.4) is 0 Å². The van der Waals surface area contributed by atoms with Crippen molar-refractivity contribution in [2.45, 2.75) is 45.6 Å². The van der Waals surface area contributed by atoms with Crippen LogP contribution in [0.2, 0.25) is 0 Å². The van der Waals surface area contributed by atoms with Crippen LogP contribution in [0.1, 0.15) is 40.0 Å². The van der Waals surface area contributed by atoms with Crippen molar-refractivity contribution in [2.24, 2.45) is 22.8 Å². The van der Waals surface area contributed by atoms with Crippen LogP contribution in [0.25, 0.3) is 0 Å². The molecular formula is C10H22N2. The zero-order valence-electron chi connectivity index (χ0n) is 8.56. The van der Waals surface area contributed by atoms with E-state index in [-0.39, 0.29) is 5.54 Å². The maximum absolute atomic E-state index is 6.14. The van der Waals surface area contributed by atoms with Gasteiger partial charge in [-0.05, 0) is 30.6 Å². The molecule has 0 radical (unpaired) electrons. The Morgan fingerprint density at radius 2 is 1.92 bits per heavy atom. The smallest absolute Gasteiger partial charge is 0.0281 e. The molecule has 1 rings (SSSR count). The van der Waals surface area contributed by atoms with E-state index in [4.69, 9.17) is 11.5 Å². The molecule has 0 aromatic rings. The quantitative estimate of drug-likeness (QED) is 0.626. The van der Waals surface area contributed by atoms with Gasteiger partial charge in [0.1, 0.15) is 0 Å². The molecule has 1 aliphatic rings. The van der Waals surface area contributed by atoms with Crippen molar-refractivity contribution in [3.8, 4) is 0 Å². The van der Waals surface area contributed by atoms with E-state index in [2.05, 4.69) is 20.8 Å². The first-order chi connectivity index (χ1) is 5.40. The van der Waals surface area contributed by atoms with E-state index in [1.807, 2.05) is 0 Å². The number of nitrogens with two attached hydrogens (primary N) is 2. The van der Waals surface area contributed by atoms with E-state index in [0.717, 1.165) is 12.8 Å². The lowest BCUT2D eigenvalue weighted by Crippen LogP contribution is -2.53. The summed E-state index contributed by atoms with van der Waals surface area (Å²) in [5.74, 6) is 0.694. The Hall–Kier alpha value is -0.0800. The van der Waals surface area contributed by atoms with Gasteiger partial charge in [-0.2, -0.15) is 0 Å². The third-order valence-corrected chi connectivity index (χ3v) is 3.72. The molecule has 0 heterocycles. The standard InChI is InChI=1S/C10H22N2/c1-8-6-10(12,7-11)5-4-9(8,2)3/h8H,4-7,11-12H2,1-3H3. The average molecular weight is 170 g/mol. The molecule has 2 atom stereocenters. The summed E-state index contributed by atoms with van der Waals surface area (Å²) in [4.78, 5) is 0. The highest BCUT2D eigenvalue weighted by atomic mass is 14.8. The second-order valence-electron chi connectivity index (χ2n) is 5.16. The van der Waals surface area contributed by atoms with Gasteiger partial charge < -0.3 is 11.5 Å². The number of hydrogen-bond acceptors (Lipinski definition) is 2. The largest absolute Gasteiger partial charge is 0.329 e. The highest BCUT2D eigenvalue weighted by molar-refractivity contribution is 4.96. The fraction of sp³-hybridized carbons (Fsp3) is 1.00. The Labute approximate surface area is 75.7 Å². The van der Waals surface area contributed by atoms with Gasteiger partial charge in [0.2, 0.25) is 0 Å². The van der Waals surface area contributed by atoms with Crippen LogP contribution in [-0.4, -0.2) is 12.1 Å². The summed E-state index contributed by atoms with van der Waals surface area (Å²) in [5, 5.41) is 0. The van der Waals surface area contributed by atoms with E-state index in [1.165, 1.54) is 6.42 Å².